The highest BCUT2D eigenvalue weighted by Crippen LogP contribution is 2.23. The second-order valence-electron chi connectivity index (χ2n) is 5.13. The molecule has 1 saturated heterocycles. The summed E-state index contributed by atoms with van der Waals surface area (Å²) in [5.74, 6) is -1.12. The Bertz CT molecular complexity index is 559. The van der Waals surface area contributed by atoms with Crippen LogP contribution in [0.5, 0.6) is 0 Å². The molecule has 1 atom stereocenters. The molecule has 1 unspecified atom stereocenters. The van der Waals surface area contributed by atoms with Crippen LogP contribution < -0.4 is 5.32 Å². The Labute approximate surface area is 121 Å². The van der Waals surface area contributed by atoms with E-state index < -0.39 is 11.6 Å². The van der Waals surface area contributed by atoms with E-state index in [0.717, 1.165) is 0 Å². The minimum Gasteiger partial charge on any atom is -0.478 e. The molecule has 2 amide bonds. The van der Waals surface area contributed by atoms with Gasteiger partial charge < -0.3 is 20.4 Å². The van der Waals surface area contributed by atoms with Gasteiger partial charge in [-0.1, -0.05) is 11.6 Å². The van der Waals surface area contributed by atoms with Crippen molar-refractivity contribution in [3.05, 3.63) is 28.8 Å². The third kappa shape index (κ3) is 3.40. The average Bonchev–Trinajstić information content (AvgIpc) is 2.69. The highest BCUT2D eigenvalue weighted by molar-refractivity contribution is 6.31. The van der Waals surface area contributed by atoms with Crippen molar-refractivity contribution in [2.75, 3.05) is 18.4 Å². The Morgan fingerprint density at radius 2 is 2.10 bits per heavy atom. The van der Waals surface area contributed by atoms with Gasteiger partial charge in [0, 0.05) is 17.3 Å². The molecule has 0 spiro atoms. The van der Waals surface area contributed by atoms with Crippen molar-refractivity contribution >= 4 is 29.3 Å². The first kappa shape index (κ1) is 14.6. The Morgan fingerprint density at radius 1 is 1.40 bits per heavy atom. The number of aromatic carboxylic acids is 1. The Balaban J connectivity index is 2.10. The number of nitrogens with one attached hydrogen (secondary N) is 1. The average molecular weight is 299 g/mol. The molecule has 20 heavy (non-hydrogen) atoms. The number of carbonyl (C=O) groups excluding carboxylic acids is 1. The predicted molar refractivity (Wildman–Crippen MR) is 74.2 cm³/mol. The number of carbonyl (C=O) groups is 2. The van der Waals surface area contributed by atoms with E-state index in [0.29, 0.717) is 18.7 Å². The lowest BCUT2D eigenvalue weighted by atomic mass is 10.1. The second-order valence-corrected chi connectivity index (χ2v) is 5.57. The molecule has 7 heteroatoms. The fourth-order valence-electron chi connectivity index (χ4n) is 2.11. The van der Waals surface area contributed by atoms with Crippen LogP contribution in [0.2, 0.25) is 5.02 Å². The number of likely N-dealkylation sites (tertiary alicyclic amines) is 1. The maximum Gasteiger partial charge on any atom is 0.335 e. The highest BCUT2D eigenvalue weighted by atomic mass is 35.5. The summed E-state index contributed by atoms with van der Waals surface area (Å²) in [5.41, 5.74) is -0.564. The summed E-state index contributed by atoms with van der Waals surface area (Å²) in [4.78, 5) is 24.4. The van der Waals surface area contributed by atoms with Crippen LogP contribution >= 0.6 is 11.6 Å². The maximum atomic E-state index is 12.0. The van der Waals surface area contributed by atoms with Crippen molar-refractivity contribution in [2.24, 2.45) is 0 Å². The van der Waals surface area contributed by atoms with E-state index in [2.05, 4.69) is 5.32 Å². The van der Waals surface area contributed by atoms with Crippen LogP contribution in [0.25, 0.3) is 0 Å². The Hall–Kier alpha value is -1.79. The van der Waals surface area contributed by atoms with Gasteiger partial charge in [0.2, 0.25) is 0 Å². The number of anilines is 1. The number of nitrogens with zero attached hydrogens (tertiary/aromatic N) is 1. The molecule has 6 nitrogen and oxygen atoms in total. The van der Waals surface area contributed by atoms with Crippen LogP contribution in [0.3, 0.4) is 0 Å². The maximum absolute atomic E-state index is 12.0. The van der Waals surface area contributed by atoms with E-state index in [1.807, 2.05) is 0 Å². The highest BCUT2D eigenvalue weighted by Gasteiger charge is 2.34. The number of hydrogen-bond acceptors (Lipinski definition) is 3. The largest absolute Gasteiger partial charge is 0.478 e. The van der Waals surface area contributed by atoms with Gasteiger partial charge in [-0.25, -0.2) is 9.59 Å². The van der Waals surface area contributed by atoms with Crippen LogP contribution in [0, 0.1) is 0 Å². The molecule has 108 valence electrons. The Morgan fingerprint density at radius 3 is 2.65 bits per heavy atom. The number of benzene rings is 1. The minimum absolute atomic E-state index is 0.00113. The molecule has 1 aliphatic rings. The number of aliphatic hydroxyl groups is 1. The fraction of sp³-hybridized carbons (Fsp3) is 0.385. The first-order chi connectivity index (χ1) is 9.27. The molecule has 1 aliphatic heterocycles. The number of urea groups is 1. The van der Waals surface area contributed by atoms with E-state index in [4.69, 9.17) is 16.7 Å². The lowest BCUT2D eigenvalue weighted by Gasteiger charge is -2.19. The van der Waals surface area contributed by atoms with Crippen LogP contribution in [-0.4, -0.2) is 45.8 Å². The van der Waals surface area contributed by atoms with Gasteiger partial charge in [0.05, 0.1) is 17.7 Å². The second kappa shape index (κ2) is 5.30. The summed E-state index contributed by atoms with van der Waals surface area (Å²) in [7, 11) is 0. The van der Waals surface area contributed by atoms with Crippen LogP contribution in [-0.2, 0) is 0 Å². The van der Waals surface area contributed by atoms with Crippen molar-refractivity contribution < 1.29 is 19.8 Å². The number of carboxylic acids is 1. The van der Waals surface area contributed by atoms with Gasteiger partial charge >= 0.3 is 12.0 Å². The van der Waals surface area contributed by atoms with Gasteiger partial charge in [-0.2, -0.15) is 0 Å². The number of hydrogen-bond donors (Lipinski definition) is 3. The van der Waals surface area contributed by atoms with Crippen LogP contribution in [0.4, 0.5) is 10.5 Å². The number of β-amino-alcohol motifs (C(OH)–C–C–N with tert-alkyl or cyclic N) is 1. The van der Waals surface area contributed by atoms with Crippen molar-refractivity contribution in [1.29, 1.82) is 0 Å². The van der Waals surface area contributed by atoms with Crippen LogP contribution in [0.1, 0.15) is 23.7 Å². The number of rotatable bonds is 2. The van der Waals surface area contributed by atoms with E-state index in [1.54, 1.807) is 6.92 Å². The molecule has 1 aromatic rings. The molecule has 0 radical (unpaired) electrons. The summed E-state index contributed by atoms with van der Waals surface area (Å²) in [6.45, 7) is 2.36. The third-order valence-corrected chi connectivity index (χ3v) is 3.35. The molecule has 3 N–H and O–H groups in total. The third-order valence-electron chi connectivity index (χ3n) is 3.14. The van der Waals surface area contributed by atoms with E-state index in [-0.39, 0.29) is 23.2 Å². The van der Waals surface area contributed by atoms with Crippen molar-refractivity contribution in [1.82, 2.24) is 4.90 Å². The van der Waals surface area contributed by atoms with Crippen molar-refractivity contribution in [3.63, 3.8) is 0 Å². The number of halogens is 1. The van der Waals surface area contributed by atoms with E-state index in [9.17, 15) is 14.7 Å². The van der Waals surface area contributed by atoms with Crippen molar-refractivity contribution in [2.45, 2.75) is 18.9 Å². The molecule has 0 bridgehead atoms. The van der Waals surface area contributed by atoms with Crippen molar-refractivity contribution in [3.8, 4) is 0 Å². The van der Waals surface area contributed by atoms with Gasteiger partial charge in [-0.15, -0.1) is 0 Å². The summed E-state index contributed by atoms with van der Waals surface area (Å²) < 4.78 is 0. The summed E-state index contributed by atoms with van der Waals surface area (Å²) in [5, 5.41) is 21.6. The van der Waals surface area contributed by atoms with Gasteiger partial charge in [0.1, 0.15) is 0 Å². The summed E-state index contributed by atoms with van der Waals surface area (Å²) in [6, 6.07) is 3.72. The SMILES string of the molecule is CC1(O)CCN(C(=O)Nc2cc(Cl)cc(C(=O)O)c2)C1. The fourth-order valence-corrected chi connectivity index (χ4v) is 2.34. The summed E-state index contributed by atoms with van der Waals surface area (Å²) >= 11 is 5.81. The van der Waals surface area contributed by atoms with Gasteiger partial charge in [-0.3, -0.25) is 0 Å². The lowest BCUT2D eigenvalue weighted by Crippen LogP contribution is -2.36. The number of amides is 2. The number of carboxylic acid groups (broad SMARTS) is 1. The first-order valence-electron chi connectivity index (χ1n) is 6.09. The first-order valence-corrected chi connectivity index (χ1v) is 6.47. The van der Waals surface area contributed by atoms with E-state index >= 15 is 0 Å². The zero-order valence-electron chi connectivity index (χ0n) is 10.9. The van der Waals surface area contributed by atoms with Gasteiger partial charge in [0.15, 0.2) is 0 Å². The predicted octanol–water partition coefficient (Wildman–Crippen LogP) is 2.03. The zero-order valence-corrected chi connectivity index (χ0v) is 11.6. The summed E-state index contributed by atoms with van der Waals surface area (Å²) in [6.07, 6.45) is 0.510. The molecular formula is C13H15ClN2O4. The smallest absolute Gasteiger partial charge is 0.335 e. The standard InChI is InChI=1S/C13H15ClN2O4/c1-13(20)2-3-16(7-13)12(19)15-10-5-8(11(17)18)4-9(14)6-10/h4-6,20H,2-3,7H2,1H3,(H,15,19)(H,17,18). The zero-order chi connectivity index (χ0) is 14.9. The minimum atomic E-state index is -1.12. The molecular weight excluding hydrogens is 284 g/mol. The molecule has 0 aromatic heterocycles. The Kier molecular flexibility index (Phi) is 3.87. The monoisotopic (exact) mass is 298 g/mol. The molecule has 1 aromatic carbocycles. The molecule has 0 saturated carbocycles. The molecule has 1 heterocycles. The normalized spacial score (nSPS) is 21.9. The quantitative estimate of drug-likeness (QED) is 0.779. The van der Waals surface area contributed by atoms with E-state index in [1.165, 1.54) is 23.1 Å². The van der Waals surface area contributed by atoms with Gasteiger partial charge in [0.25, 0.3) is 0 Å². The lowest BCUT2D eigenvalue weighted by molar-refractivity contribution is 0.0696. The topological polar surface area (TPSA) is 89.9 Å². The molecule has 1 fully saturated rings. The van der Waals surface area contributed by atoms with Gasteiger partial charge in [-0.05, 0) is 31.5 Å². The molecule has 0 aliphatic carbocycles. The van der Waals surface area contributed by atoms with Crippen LogP contribution in [0.15, 0.2) is 18.2 Å². The molecule has 2 rings (SSSR count).